The number of hydrogen-bond acceptors (Lipinski definition) is 8. The third-order valence-corrected chi connectivity index (χ3v) is 5.72. The molecule has 9 nitrogen and oxygen atoms in total. The summed E-state index contributed by atoms with van der Waals surface area (Å²) in [5.74, 6) is 1.10. The number of carbonyl (C=O) groups is 1. The zero-order chi connectivity index (χ0) is 23.2. The first kappa shape index (κ1) is 22.0. The van der Waals surface area contributed by atoms with Crippen molar-refractivity contribution in [2.24, 2.45) is 5.92 Å². The van der Waals surface area contributed by atoms with Crippen LogP contribution in [0.2, 0.25) is 0 Å². The summed E-state index contributed by atoms with van der Waals surface area (Å²) in [6.45, 7) is 5.77. The Kier molecular flexibility index (Phi) is 5.55. The van der Waals surface area contributed by atoms with Gasteiger partial charge in [-0.05, 0) is 31.7 Å². The van der Waals surface area contributed by atoms with Gasteiger partial charge in [-0.3, -0.25) is 4.79 Å². The van der Waals surface area contributed by atoms with Crippen LogP contribution in [0.15, 0.2) is 12.3 Å². The lowest BCUT2D eigenvalue weighted by Gasteiger charge is -2.38. The van der Waals surface area contributed by atoms with E-state index in [1.807, 2.05) is 32.7 Å². The summed E-state index contributed by atoms with van der Waals surface area (Å²) in [4.78, 5) is 30.8. The summed E-state index contributed by atoms with van der Waals surface area (Å²) in [5.41, 5.74) is 0.291. The quantitative estimate of drug-likeness (QED) is 0.638. The van der Waals surface area contributed by atoms with Gasteiger partial charge in [0.25, 0.3) is 0 Å². The van der Waals surface area contributed by atoms with Crippen LogP contribution < -0.4 is 20.9 Å². The first-order chi connectivity index (χ1) is 15.0. The summed E-state index contributed by atoms with van der Waals surface area (Å²) >= 11 is 0. The lowest BCUT2D eigenvalue weighted by atomic mass is 9.87. The van der Waals surface area contributed by atoms with Gasteiger partial charge in [0.2, 0.25) is 17.8 Å². The number of alkyl halides is 3. The van der Waals surface area contributed by atoms with E-state index in [2.05, 4.69) is 35.9 Å². The van der Waals surface area contributed by atoms with Crippen LogP contribution in [0.3, 0.4) is 0 Å². The van der Waals surface area contributed by atoms with Crippen molar-refractivity contribution in [3.05, 3.63) is 23.7 Å². The number of likely N-dealkylation sites (N-methyl/N-ethyl adjacent to an activating group) is 1. The topological polar surface area (TPSA) is 108 Å². The Morgan fingerprint density at radius 2 is 1.78 bits per heavy atom. The van der Waals surface area contributed by atoms with E-state index in [4.69, 9.17) is 0 Å². The number of anilines is 4. The number of carbonyl (C=O) groups excluding carboxylic acids is 1. The molecule has 2 aromatic heterocycles. The highest BCUT2D eigenvalue weighted by Gasteiger charge is 2.37. The van der Waals surface area contributed by atoms with Gasteiger partial charge in [0, 0.05) is 25.3 Å². The maximum absolute atomic E-state index is 12.8. The average Bonchev–Trinajstić information content (AvgIpc) is 2.66. The maximum Gasteiger partial charge on any atom is 0.433 e. The first-order valence-electron chi connectivity index (χ1n) is 10.4. The molecule has 12 heteroatoms. The monoisotopic (exact) mass is 450 g/mol. The fourth-order valence-electron chi connectivity index (χ4n) is 4.08. The summed E-state index contributed by atoms with van der Waals surface area (Å²) in [7, 11) is 1.84. The Bertz CT molecular complexity index is 1020. The Morgan fingerprint density at radius 3 is 2.41 bits per heavy atom. The second kappa shape index (κ2) is 8.06. The second-order valence-corrected chi connectivity index (χ2v) is 8.54. The Labute approximate surface area is 183 Å². The van der Waals surface area contributed by atoms with E-state index in [0.29, 0.717) is 36.0 Å². The largest absolute Gasteiger partial charge is 0.433 e. The van der Waals surface area contributed by atoms with E-state index in [9.17, 15) is 18.0 Å². The van der Waals surface area contributed by atoms with Gasteiger partial charge < -0.3 is 20.9 Å². The molecule has 1 saturated carbocycles. The molecule has 1 aliphatic carbocycles. The molecule has 0 saturated heterocycles. The van der Waals surface area contributed by atoms with Crippen molar-refractivity contribution in [3.8, 4) is 0 Å². The van der Waals surface area contributed by atoms with E-state index >= 15 is 0 Å². The number of fused-ring (bicyclic) bond motifs is 1. The van der Waals surface area contributed by atoms with Crippen molar-refractivity contribution in [2.75, 3.05) is 27.9 Å². The fraction of sp³-hybridized carbons (Fsp3) is 0.550. The number of aromatic nitrogens is 4. The van der Waals surface area contributed by atoms with Crippen LogP contribution in [0, 0.1) is 12.8 Å². The molecule has 3 N–H and O–H groups in total. The van der Waals surface area contributed by atoms with Crippen LogP contribution >= 0.6 is 0 Å². The predicted molar refractivity (Wildman–Crippen MR) is 114 cm³/mol. The summed E-state index contributed by atoms with van der Waals surface area (Å²) in [5, 5.41) is 9.12. The van der Waals surface area contributed by atoms with Crippen LogP contribution in [-0.2, 0) is 11.0 Å². The van der Waals surface area contributed by atoms with E-state index < -0.39 is 11.9 Å². The molecular weight excluding hydrogens is 425 g/mol. The summed E-state index contributed by atoms with van der Waals surface area (Å²) < 4.78 is 38.4. The van der Waals surface area contributed by atoms with Crippen molar-refractivity contribution < 1.29 is 18.0 Å². The van der Waals surface area contributed by atoms with Crippen molar-refractivity contribution in [2.45, 2.75) is 57.9 Å². The predicted octanol–water partition coefficient (Wildman–Crippen LogP) is 3.06. The highest BCUT2D eigenvalue weighted by Crippen LogP contribution is 2.35. The number of amides is 1. The fourth-order valence-corrected chi connectivity index (χ4v) is 4.08. The minimum atomic E-state index is -4.51. The smallest absolute Gasteiger partial charge is 0.351 e. The molecule has 0 bridgehead atoms. The third-order valence-electron chi connectivity index (χ3n) is 5.72. The van der Waals surface area contributed by atoms with Crippen molar-refractivity contribution in [1.82, 2.24) is 19.9 Å². The van der Waals surface area contributed by atoms with Crippen molar-refractivity contribution in [3.63, 3.8) is 0 Å². The van der Waals surface area contributed by atoms with Crippen LogP contribution in [0.5, 0.6) is 0 Å². The third kappa shape index (κ3) is 4.26. The first-order valence-corrected chi connectivity index (χ1v) is 10.4. The number of nitrogens with one attached hydrogen (secondary N) is 3. The maximum atomic E-state index is 12.8. The van der Waals surface area contributed by atoms with E-state index in [1.54, 1.807) is 0 Å². The normalized spacial score (nSPS) is 22.8. The molecule has 4 rings (SSSR count). The number of rotatable bonds is 5. The van der Waals surface area contributed by atoms with Crippen LogP contribution in [0.4, 0.5) is 36.6 Å². The van der Waals surface area contributed by atoms with Gasteiger partial charge in [0.15, 0.2) is 5.82 Å². The molecule has 0 aromatic carbocycles. The van der Waals surface area contributed by atoms with Gasteiger partial charge in [-0.25, -0.2) is 15.0 Å². The molecule has 1 unspecified atom stereocenters. The molecule has 172 valence electrons. The van der Waals surface area contributed by atoms with Crippen LogP contribution in [-0.4, -0.2) is 51.0 Å². The number of aryl methyl sites for hydroxylation is 1. The molecule has 1 fully saturated rings. The van der Waals surface area contributed by atoms with Crippen LogP contribution in [0.1, 0.15) is 38.1 Å². The van der Waals surface area contributed by atoms with Gasteiger partial charge in [-0.2, -0.15) is 18.2 Å². The number of nitrogens with zero attached hydrogens (tertiary/aromatic N) is 5. The highest BCUT2D eigenvalue weighted by molar-refractivity contribution is 6.03. The Hall–Kier alpha value is -3.18. The summed E-state index contributed by atoms with van der Waals surface area (Å²) in [6, 6.07) is 0.520. The molecule has 3 heterocycles. The zero-order valence-corrected chi connectivity index (χ0v) is 18.2. The molecular formula is C20H25F3N8O. The number of halogens is 3. The Balaban J connectivity index is 1.40. The van der Waals surface area contributed by atoms with Gasteiger partial charge in [-0.15, -0.1) is 0 Å². The molecule has 32 heavy (non-hydrogen) atoms. The molecule has 2 aliphatic rings. The molecule has 0 spiro atoms. The zero-order valence-electron chi connectivity index (χ0n) is 18.2. The lowest BCUT2D eigenvalue weighted by molar-refractivity contribution is -0.141. The molecule has 1 aliphatic heterocycles. The lowest BCUT2D eigenvalue weighted by Crippen LogP contribution is -2.50. The summed E-state index contributed by atoms with van der Waals surface area (Å²) in [6.07, 6.45) is -2.11. The van der Waals surface area contributed by atoms with Gasteiger partial charge in [0.1, 0.15) is 17.4 Å². The van der Waals surface area contributed by atoms with E-state index in [0.717, 1.165) is 12.3 Å². The SMILES string of the molecule is Cc1nc(N[C@H]2C[C@H](Nc3nccc(C(F)(F)F)n3)C2)nc2c1NC(=O)C(C(C)C)N2C. The number of hydrogen-bond donors (Lipinski definition) is 3. The standard InChI is InChI=1S/C20H25F3N8O/c1-9(2)15-17(32)29-14-10(3)25-19(30-16(14)31(15)4)27-12-7-11(8-12)26-18-24-6-5-13(28-18)20(21,22)23/h5-6,9,11-12,15H,7-8H2,1-4H3,(H,29,32)(H,24,26,28)(H,25,27,30)/t11-,12-,15?. The van der Waals surface area contributed by atoms with Gasteiger partial charge in [0.05, 0.1) is 5.69 Å². The minimum absolute atomic E-state index is 0.0405. The van der Waals surface area contributed by atoms with Crippen LogP contribution in [0.25, 0.3) is 0 Å². The van der Waals surface area contributed by atoms with E-state index in [1.165, 1.54) is 0 Å². The van der Waals surface area contributed by atoms with Crippen molar-refractivity contribution >= 4 is 29.3 Å². The molecule has 1 amide bonds. The average molecular weight is 450 g/mol. The highest BCUT2D eigenvalue weighted by atomic mass is 19.4. The Morgan fingerprint density at radius 1 is 1.12 bits per heavy atom. The van der Waals surface area contributed by atoms with Gasteiger partial charge >= 0.3 is 6.18 Å². The van der Waals surface area contributed by atoms with Crippen molar-refractivity contribution in [1.29, 1.82) is 0 Å². The molecule has 0 radical (unpaired) electrons. The molecule has 2 aromatic rings. The second-order valence-electron chi connectivity index (χ2n) is 8.54. The minimum Gasteiger partial charge on any atom is -0.351 e. The molecule has 1 atom stereocenters. The van der Waals surface area contributed by atoms with Gasteiger partial charge in [-0.1, -0.05) is 13.8 Å². The van der Waals surface area contributed by atoms with E-state index in [-0.39, 0.29) is 35.9 Å².